The summed E-state index contributed by atoms with van der Waals surface area (Å²) in [5.41, 5.74) is 0.952. The zero-order chi connectivity index (χ0) is 16.9. The topological polar surface area (TPSA) is 59.4 Å². The molecule has 1 N–H and O–H groups in total. The highest BCUT2D eigenvalue weighted by Gasteiger charge is 2.30. The molecule has 6 nitrogen and oxygen atoms in total. The molecule has 1 aromatic heterocycles. The minimum atomic E-state index is -0.236. The van der Waals surface area contributed by atoms with Crippen LogP contribution in [0.3, 0.4) is 0 Å². The highest BCUT2D eigenvalue weighted by molar-refractivity contribution is 5.99. The Morgan fingerprint density at radius 3 is 2.88 bits per heavy atom. The number of rotatable bonds is 6. The summed E-state index contributed by atoms with van der Waals surface area (Å²) >= 11 is 0. The van der Waals surface area contributed by atoms with E-state index in [0.29, 0.717) is 6.61 Å². The number of carbonyl (C=O) groups is 1. The van der Waals surface area contributed by atoms with E-state index in [0.717, 1.165) is 30.9 Å². The predicted molar refractivity (Wildman–Crippen MR) is 94.3 cm³/mol. The molecule has 0 saturated carbocycles. The van der Waals surface area contributed by atoms with E-state index in [1.807, 2.05) is 59.1 Å². The fourth-order valence-electron chi connectivity index (χ4n) is 3.03. The third kappa shape index (κ3) is 3.59. The molecular weight excluding hydrogens is 304 g/mol. The average Bonchev–Trinajstić information content (AvgIpc) is 3.06. The van der Waals surface area contributed by atoms with Gasteiger partial charge in [0.15, 0.2) is 0 Å². The summed E-state index contributed by atoms with van der Waals surface area (Å²) in [5, 5.41) is 7.79. The molecule has 2 heterocycles. The van der Waals surface area contributed by atoms with Crippen molar-refractivity contribution >= 4 is 17.4 Å². The molecule has 1 saturated heterocycles. The van der Waals surface area contributed by atoms with E-state index in [2.05, 4.69) is 10.4 Å². The van der Waals surface area contributed by atoms with E-state index in [4.69, 9.17) is 4.74 Å². The molecule has 1 aliphatic rings. The third-order valence-corrected chi connectivity index (χ3v) is 4.30. The third-order valence-electron chi connectivity index (χ3n) is 4.30. The predicted octanol–water partition coefficient (Wildman–Crippen LogP) is 2.70. The van der Waals surface area contributed by atoms with E-state index in [1.165, 1.54) is 0 Å². The fraction of sp³-hybridized carbons (Fsp3) is 0.444. The molecule has 128 valence electrons. The fourth-order valence-corrected chi connectivity index (χ4v) is 3.03. The lowest BCUT2D eigenvalue weighted by Gasteiger charge is -2.32. The molecule has 0 spiro atoms. The van der Waals surface area contributed by atoms with E-state index in [-0.39, 0.29) is 18.0 Å². The number of amides is 1. The largest absolute Gasteiger partial charge is 0.382 e. The van der Waals surface area contributed by atoms with Crippen molar-refractivity contribution in [1.29, 1.82) is 0 Å². The van der Waals surface area contributed by atoms with Crippen molar-refractivity contribution in [3.63, 3.8) is 0 Å². The minimum Gasteiger partial charge on any atom is -0.382 e. The van der Waals surface area contributed by atoms with Gasteiger partial charge in [0.25, 0.3) is 0 Å². The lowest BCUT2D eigenvalue weighted by Crippen LogP contribution is -2.47. The lowest BCUT2D eigenvalue weighted by atomic mass is 10.0. The Labute approximate surface area is 142 Å². The van der Waals surface area contributed by atoms with Gasteiger partial charge in [-0.3, -0.25) is 9.48 Å². The second kappa shape index (κ2) is 7.49. The maximum atomic E-state index is 12.8. The molecular formula is C18H24N4O2. The van der Waals surface area contributed by atoms with Crippen LogP contribution in [0.25, 0.3) is 0 Å². The molecule has 6 heteroatoms. The Hall–Kier alpha value is -2.34. The zero-order valence-electron chi connectivity index (χ0n) is 14.2. The molecule has 1 amide bonds. The van der Waals surface area contributed by atoms with E-state index in [1.54, 1.807) is 7.11 Å². The van der Waals surface area contributed by atoms with Gasteiger partial charge in [-0.1, -0.05) is 18.2 Å². The van der Waals surface area contributed by atoms with Gasteiger partial charge in [0, 0.05) is 31.6 Å². The van der Waals surface area contributed by atoms with Gasteiger partial charge in [-0.15, -0.1) is 0 Å². The van der Waals surface area contributed by atoms with Crippen LogP contribution in [0, 0.1) is 0 Å². The van der Waals surface area contributed by atoms with Gasteiger partial charge in [0.05, 0.1) is 12.6 Å². The molecule has 0 bridgehead atoms. The number of nitrogens with one attached hydrogen (secondary N) is 1. The van der Waals surface area contributed by atoms with Crippen molar-refractivity contribution in [3.05, 3.63) is 42.6 Å². The number of hydrogen-bond donors (Lipinski definition) is 1. The molecule has 3 rings (SSSR count). The normalized spacial score (nSPS) is 19.3. The highest BCUT2D eigenvalue weighted by Crippen LogP contribution is 2.22. The Balaban J connectivity index is 1.68. The number of para-hydroxylation sites is 1. The summed E-state index contributed by atoms with van der Waals surface area (Å²) in [7, 11) is 1.68. The maximum Gasteiger partial charge on any atom is 0.249 e. The van der Waals surface area contributed by atoms with Gasteiger partial charge < -0.3 is 15.0 Å². The molecule has 0 radical (unpaired) electrons. The van der Waals surface area contributed by atoms with Gasteiger partial charge in [0.2, 0.25) is 5.91 Å². The van der Waals surface area contributed by atoms with Gasteiger partial charge >= 0.3 is 0 Å². The summed E-state index contributed by atoms with van der Waals surface area (Å²) in [6.07, 6.45) is 3.70. The van der Waals surface area contributed by atoms with Crippen molar-refractivity contribution < 1.29 is 9.53 Å². The van der Waals surface area contributed by atoms with Crippen LogP contribution in [0.5, 0.6) is 0 Å². The summed E-state index contributed by atoms with van der Waals surface area (Å²) in [6, 6.07) is 11.6. The SMILES string of the molecule is COCC(C)n1ccc(NC2CCCN(c3ccccc3)C2=O)n1. The number of aromatic nitrogens is 2. The number of methoxy groups -OCH3 is 1. The molecule has 1 fully saturated rings. The molecule has 2 unspecified atom stereocenters. The van der Waals surface area contributed by atoms with Crippen molar-refractivity contribution in [3.8, 4) is 0 Å². The van der Waals surface area contributed by atoms with E-state index >= 15 is 0 Å². The van der Waals surface area contributed by atoms with Crippen LogP contribution in [0.15, 0.2) is 42.6 Å². The second-order valence-electron chi connectivity index (χ2n) is 6.15. The molecule has 1 aliphatic heterocycles. The van der Waals surface area contributed by atoms with Crippen LogP contribution in [0.4, 0.5) is 11.5 Å². The lowest BCUT2D eigenvalue weighted by molar-refractivity contribution is -0.120. The summed E-state index contributed by atoms with van der Waals surface area (Å²) in [6.45, 7) is 3.41. The monoisotopic (exact) mass is 328 g/mol. The van der Waals surface area contributed by atoms with E-state index in [9.17, 15) is 4.79 Å². The van der Waals surface area contributed by atoms with Crippen LogP contribution in [0.1, 0.15) is 25.8 Å². The first-order valence-corrected chi connectivity index (χ1v) is 8.36. The molecule has 2 aromatic rings. The Morgan fingerprint density at radius 2 is 2.12 bits per heavy atom. The number of anilines is 2. The number of hydrogen-bond acceptors (Lipinski definition) is 4. The average molecular weight is 328 g/mol. The first kappa shape index (κ1) is 16.5. The Kier molecular flexibility index (Phi) is 5.15. The standard InChI is InChI=1S/C18H24N4O2/c1-14(13-24-2)22-12-10-17(20-22)19-16-9-6-11-21(18(16)23)15-7-4-3-5-8-15/h3-5,7-8,10,12,14,16H,6,9,11,13H2,1-2H3,(H,19,20). The molecule has 1 aromatic carbocycles. The highest BCUT2D eigenvalue weighted by atomic mass is 16.5. The molecule has 2 atom stereocenters. The number of carbonyl (C=O) groups excluding carboxylic acids is 1. The van der Waals surface area contributed by atoms with Crippen molar-refractivity contribution in [2.24, 2.45) is 0 Å². The van der Waals surface area contributed by atoms with Crippen LogP contribution in [-0.4, -0.2) is 42.0 Å². The Bertz CT molecular complexity index is 671. The summed E-state index contributed by atoms with van der Waals surface area (Å²) in [4.78, 5) is 14.6. The Morgan fingerprint density at radius 1 is 1.33 bits per heavy atom. The number of piperidine rings is 1. The summed E-state index contributed by atoms with van der Waals surface area (Å²) < 4.78 is 7.01. The van der Waals surface area contributed by atoms with Crippen LogP contribution in [-0.2, 0) is 9.53 Å². The van der Waals surface area contributed by atoms with Crippen molar-refractivity contribution in [2.45, 2.75) is 31.8 Å². The maximum absolute atomic E-state index is 12.8. The van der Waals surface area contributed by atoms with Crippen LogP contribution < -0.4 is 10.2 Å². The van der Waals surface area contributed by atoms with E-state index < -0.39 is 0 Å². The first-order chi connectivity index (χ1) is 11.7. The smallest absolute Gasteiger partial charge is 0.249 e. The zero-order valence-corrected chi connectivity index (χ0v) is 14.2. The molecule has 0 aliphatic carbocycles. The van der Waals surface area contributed by atoms with Crippen LogP contribution >= 0.6 is 0 Å². The van der Waals surface area contributed by atoms with Crippen molar-refractivity contribution in [2.75, 3.05) is 30.5 Å². The number of nitrogens with zero attached hydrogens (tertiary/aromatic N) is 3. The van der Waals surface area contributed by atoms with Gasteiger partial charge in [-0.25, -0.2) is 0 Å². The second-order valence-corrected chi connectivity index (χ2v) is 6.15. The van der Waals surface area contributed by atoms with Crippen LogP contribution in [0.2, 0.25) is 0 Å². The molecule has 24 heavy (non-hydrogen) atoms. The van der Waals surface area contributed by atoms with Crippen molar-refractivity contribution in [1.82, 2.24) is 9.78 Å². The first-order valence-electron chi connectivity index (χ1n) is 8.36. The minimum absolute atomic E-state index is 0.104. The quantitative estimate of drug-likeness (QED) is 0.886. The van der Waals surface area contributed by atoms with Gasteiger partial charge in [-0.05, 0) is 31.9 Å². The van der Waals surface area contributed by atoms with Gasteiger partial charge in [0.1, 0.15) is 11.9 Å². The number of benzene rings is 1. The van der Waals surface area contributed by atoms with Gasteiger partial charge in [-0.2, -0.15) is 5.10 Å². The number of ether oxygens (including phenoxy) is 1. The summed E-state index contributed by atoms with van der Waals surface area (Å²) in [5.74, 6) is 0.832.